The van der Waals surface area contributed by atoms with Gasteiger partial charge < -0.3 is 15.7 Å². The number of carboxylic acid groups (broad SMARTS) is 1. The fourth-order valence-corrected chi connectivity index (χ4v) is 2.67. The fourth-order valence-electron chi connectivity index (χ4n) is 2.67. The molecule has 0 heterocycles. The van der Waals surface area contributed by atoms with Crippen molar-refractivity contribution in [2.45, 2.75) is 64.3 Å². The van der Waals surface area contributed by atoms with E-state index in [2.05, 4.69) is 24.5 Å². The van der Waals surface area contributed by atoms with E-state index in [1.54, 1.807) is 0 Å². The molecular weight excluding hydrogens is 244 g/mol. The molecule has 0 aromatic carbocycles. The maximum absolute atomic E-state index is 11.8. The predicted octanol–water partition coefficient (Wildman–Crippen LogP) is 2.51. The molecule has 5 nitrogen and oxygen atoms in total. The second kappa shape index (κ2) is 7.36. The van der Waals surface area contributed by atoms with Gasteiger partial charge in [-0.2, -0.15) is 0 Å². The normalized spacial score (nSPS) is 19.5. The Labute approximate surface area is 115 Å². The van der Waals surface area contributed by atoms with Gasteiger partial charge in [0.05, 0.1) is 0 Å². The van der Waals surface area contributed by atoms with Crippen LogP contribution >= 0.6 is 0 Å². The van der Waals surface area contributed by atoms with Crippen LogP contribution in [0.4, 0.5) is 4.79 Å². The lowest BCUT2D eigenvalue weighted by atomic mass is 9.82. The Morgan fingerprint density at radius 3 is 2.42 bits per heavy atom. The molecule has 5 heteroatoms. The van der Waals surface area contributed by atoms with Crippen LogP contribution in [0.25, 0.3) is 0 Å². The first-order valence-electron chi connectivity index (χ1n) is 7.29. The van der Waals surface area contributed by atoms with Crippen LogP contribution in [-0.4, -0.2) is 29.2 Å². The minimum absolute atomic E-state index is 0.354. The van der Waals surface area contributed by atoms with E-state index in [0.717, 1.165) is 32.1 Å². The Hall–Kier alpha value is -1.26. The highest BCUT2D eigenvalue weighted by atomic mass is 16.4. The molecule has 1 fully saturated rings. The molecule has 1 unspecified atom stereocenters. The molecule has 0 saturated heterocycles. The van der Waals surface area contributed by atoms with E-state index in [-0.39, 0.29) is 6.03 Å². The van der Waals surface area contributed by atoms with Gasteiger partial charge in [-0.3, -0.25) is 0 Å². The van der Waals surface area contributed by atoms with Gasteiger partial charge >= 0.3 is 12.0 Å². The maximum atomic E-state index is 11.8. The third kappa shape index (κ3) is 4.73. The summed E-state index contributed by atoms with van der Waals surface area (Å²) in [6.45, 7) is 4.78. The molecular formula is C14H26N2O3. The highest BCUT2D eigenvalue weighted by Crippen LogP contribution is 2.28. The molecule has 1 atom stereocenters. The maximum Gasteiger partial charge on any atom is 0.329 e. The smallest absolute Gasteiger partial charge is 0.329 e. The largest absolute Gasteiger partial charge is 0.480 e. The molecule has 110 valence electrons. The summed E-state index contributed by atoms with van der Waals surface area (Å²) < 4.78 is 0. The summed E-state index contributed by atoms with van der Waals surface area (Å²) in [7, 11) is 0. The Kier molecular flexibility index (Phi) is 6.12. The van der Waals surface area contributed by atoms with Gasteiger partial charge in [0.1, 0.15) is 5.54 Å². The molecule has 1 rings (SSSR count). The number of hydrogen-bond donors (Lipinski definition) is 3. The van der Waals surface area contributed by atoms with Crippen molar-refractivity contribution >= 4 is 12.0 Å². The van der Waals surface area contributed by atoms with Crippen molar-refractivity contribution in [2.24, 2.45) is 5.92 Å². The summed E-state index contributed by atoms with van der Waals surface area (Å²) in [4.78, 5) is 23.3. The van der Waals surface area contributed by atoms with E-state index < -0.39 is 11.5 Å². The first kappa shape index (κ1) is 15.8. The molecule has 0 aliphatic heterocycles. The molecule has 0 aromatic heterocycles. The number of nitrogens with one attached hydrogen (secondary N) is 2. The number of carboxylic acids is 1. The van der Waals surface area contributed by atoms with E-state index in [4.69, 9.17) is 0 Å². The van der Waals surface area contributed by atoms with E-state index in [1.807, 2.05) is 0 Å². The van der Waals surface area contributed by atoms with Crippen molar-refractivity contribution in [3.63, 3.8) is 0 Å². The van der Waals surface area contributed by atoms with Gasteiger partial charge in [-0.1, -0.05) is 39.5 Å². The van der Waals surface area contributed by atoms with E-state index in [1.165, 1.54) is 0 Å². The zero-order valence-electron chi connectivity index (χ0n) is 12.0. The van der Waals surface area contributed by atoms with Gasteiger partial charge in [-0.05, 0) is 25.2 Å². The highest BCUT2D eigenvalue weighted by molar-refractivity contribution is 5.86. The Morgan fingerprint density at radius 1 is 1.26 bits per heavy atom. The third-order valence-electron chi connectivity index (χ3n) is 3.86. The summed E-state index contributed by atoms with van der Waals surface area (Å²) in [6, 6.07) is -0.354. The van der Waals surface area contributed by atoms with Gasteiger partial charge in [0.15, 0.2) is 0 Å². The number of rotatable bonds is 6. The number of carbonyl (C=O) groups is 2. The average molecular weight is 270 g/mol. The predicted molar refractivity (Wildman–Crippen MR) is 74.1 cm³/mol. The van der Waals surface area contributed by atoms with Crippen molar-refractivity contribution in [3.05, 3.63) is 0 Å². The first-order valence-corrected chi connectivity index (χ1v) is 7.29. The topological polar surface area (TPSA) is 78.4 Å². The monoisotopic (exact) mass is 270 g/mol. The first-order chi connectivity index (χ1) is 9.00. The van der Waals surface area contributed by atoms with E-state index >= 15 is 0 Å². The average Bonchev–Trinajstić information content (AvgIpc) is 2.38. The number of aliphatic carboxylic acids is 1. The minimum atomic E-state index is -1.06. The number of urea groups is 1. The molecule has 1 aliphatic rings. The second-order valence-electron chi connectivity index (χ2n) is 5.68. The van der Waals surface area contributed by atoms with Crippen molar-refractivity contribution in [1.82, 2.24) is 10.6 Å². The molecule has 3 N–H and O–H groups in total. The van der Waals surface area contributed by atoms with Gasteiger partial charge in [-0.25, -0.2) is 9.59 Å². The molecule has 2 amide bonds. The lowest BCUT2D eigenvalue weighted by molar-refractivity contribution is -0.145. The van der Waals surface area contributed by atoms with Crippen LogP contribution in [0.2, 0.25) is 0 Å². The standard InChI is InChI=1S/C14H26N2O3/c1-3-7-11(2)10-15-13(19)16-14(12(17)18)8-5-4-6-9-14/h11H,3-10H2,1-2H3,(H,17,18)(H2,15,16,19). The van der Waals surface area contributed by atoms with Crippen LogP contribution in [0, 0.1) is 5.92 Å². The van der Waals surface area contributed by atoms with Gasteiger partial charge in [0.25, 0.3) is 0 Å². The molecule has 19 heavy (non-hydrogen) atoms. The minimum Gasteiger partial charge on any atom is -0.480 e. The third-order valence-corrected chi connectivity index (χ3v) is 3.86. The molecule has 1 saturated carbocycles. The lowest BCUT2D eigenvalue weighted by Gasteiger charge is -2.34. The van der Waals surface area contributed by atoms with E-state index in [0.29, 0.717) is 25.3 Å². The summed E-state index contributed by atoms with van der Waals surface area (Å²) in [5.41, 5.74) is -1.06. The van der Waals surface area contributed by atoms with Gasteiger partial charge in [0, 0.05) is 6.54 Å². The molecule has 0 aromatic rings. The SMILES string of the molecule is CCCC(C)CNC(=O)NC1(C(=O)O)CCCCC1. The molecule has 0 radical (unpaired) electrons. The summed E-state index contributed by atoms with van der Waals surface area (Å²) in [5.74, 6) is -0.494. The van der Waals surface area contributed by atoms with Crippen LogP contribution < -0.4 is 10.6 Å². The van der Waals surface area contributed by atoms with Crippen molar-refractivity contribution < 1.29 is 14.7 Å². The van der Waals surface area contributed by atoms with E-state index in [9.17, 15) is 14.7 Å². The van der Waals surface area contributed by atoms with Crippen LogP contribution in [0.1, 0.15) is 58.8 Å². The molecule has 0 spiro atoms. The lowest BCUT2D eigenvalue weighted by Crippen LogP contribution is -2.58. The number of amides is 2. The number of hydrogen-bond acceptors (Lipinski definition) is 2. The van der Waals surface area contributed by atoms with Crippen LogP contribution in [0.15, 0.2) is 0 Å². The fraction of sp³-hybridized carbons (Fsp3) is 0.857. The van der Waals surface area contributed by atoms with Gasteiger partial charge in [-0.15, -0.1) is 0 Å². The van der Waals surface area contributed by atoms with Gasteiger partial charge in [0.2, 0.25) is 0 Å². The Bertz CT molecular complexity index is 312. The summed E-state index contributed by atoms with van der Waals surface area (Å²) in [6.07, 6.45) is 5.97. The van der Waals surface area contributed by atoms with Crippen molar-refractivity contribution in [2.75, 3.05) is 6.54 Å². The Morgan fingerprint density at radius 2 is 1.89 bits per heavy atom. The zero-order chi connectivity index (χ0) is 14.3. The van der Waals surface area contributed by atoms with Crippen LogP contribution in [-0.2, 0) is 4.79 Å². The van der Waals surface area contributed by atoms with Crippen molar-refractivity contribution in [1.29, 1.82) is 0 Å². The summed E-state index contributed by atoms with van der Waals surface area (Å²) in [5, 5.41) is 14.8. The summed E-state index contributed by atoms with van der Waals surface area (Å²) >= 11 is 0. The quantitative estimate of drug-likeness (QED) is 0.694. The highest BCUT2D eigenvalue weighted by Gasteiger charge is 2.40. The van der Waals surface area contributed by atoms with Crippen LogP contribution in [0.3, 0.4) is 0 Å². The molecule has 0 bridgehead atoms. The van der Waals surface area contributed by atoms with Crippen molar-refractivity contribution in [3.8, 4) is 0 Å². The van der Waals surface area contributed by atoms with Crippen LogP contribution in [0.5, 0.6) is 0 Å². The second-order valence-corrected chi connectivity index (χ2v) is 5.68. The molecule has 1 aliphatic carbocycles. The zero-order valence-corrected chi connectivity index (χ0v) is 12.0. The number of carbonyl (C=O) groups excluding carboxylic acids is 1. The Balaban J connectivity index is 2.46.